The van der Waals surface area contributed by atoms with Gasteiger partial charge in [-0.15, -0.1) is 0 Å². The highest BCUT2D eigenvalue weighted by Gasteiger charge is 2.26. The standard InChI is InChI=1S/C22H24N2O2/c1-13-7-8-19-17(9-13)18-10-16(11-20(18)24-19)23-22(25)12-26-21-6-4-5-14(2)15(21)3/h4-9,16,24H,10-12H2,1-3H3,(H,23,25). The second kappa shape index (κ2) is 6.52. The molecule has 0 fully saturated rings. The lowest BCUT2D eigenvalue weighted by molar-refractivity contribution is -0.123. The summed E-state index contributed by atoms with van der Waals surface area (Å²) in [7, 11) is 0. The Morgan fingerprint density at radius 2 is 2.04 bits per heavy atom. The number of hydrogen-bond donors (Lipinski definition) is 2. The molecule has 0 aliphatic heterocycles. The largest absolute Gasteiger partial charge is 0.483 e. The van der Waals surface area contributed by atoms with Crippen LogP contribution in [0.15, 0.2) is 36.4 Å². The molecular formula is C22H24N2O2. The summed E-state index contributed by atoms with van der Waals surface area (Å²) in [5.74, 6) is 0.708. The van der Waals surface area contributed by atoms with Crippen molar-refractivity contribution in [2.24, 2.45) is 0 Å². The van der Waals surface area contributed by atoms with Gasteiger partial charge in [0.1, 0.15) is 5.75 Å². The fourth-order valence-electron chi connectivity index (χ4n) is 3.78. The van der Waals surface area contributed by atoms with E-state index in [1.165, 1.54) is 33.3 Å². The Labute approximate surface area is 153 Å². The summed E-state index contributed by atoms with van der Waals surface area (Å²) in [6, 6.07) is 12.5. The summed E-state index contributed by atoms with van der Waals surface area (Å²) >= 11 is 0. The molecule has 3 aromatic rings. The molecule has 1 unspecified atom stereocenters. The Hall–Kier alpha value is -2.75. The van der Waals surface area contributed by atoms with E-state index < -0.39 is 0 Å². The maximum Gasteiger partial charge on any atom is 0.258 e. The molecule has 0 saturated carbocycles. The number of nitrogens with one attached hydrogen (secondary N) is 2. The van der Waals surface area contributed by atoms with Crippen molar-refractivity contribution in [3.63, 3.8) is 0 Å². The maximum atomic E-state index is 12.3. The van der Waals surface area contributed by atoms with Crippen LogP contribution < -0.4 is 10.1 Å². The quantitative estimate of drug-likeness (QED) is 0.754. The number of aryl methyl sites for hydroxylation is 2. The van der Waals surface area contributed by atoms with Crippen LogP contribution in [0.25, 0.3) is 10.9 Å². The van der Waals surface area contributed by atoms with Crippen LogP contribution in [0.1, 0.15) is 27.9 Å². The SMILES string of the molecule is Cc1ccc2[nH]c3c(c2c1)CC(NC(=O)COc1cccc(C)c1C)C3. The Kier molecular flexibility index (Phi) is 4.19. The van der Waals surface area contributed by atoms with Crippen molar-refractivity contribution in [3.05, 3.63) is 64.3 Å². The molecule has 0 spiro atoms. The average molecular weight is 348 g/mol. The van der Waals surface area contributed by atoms with E-state index in [1.54, 1.807) is 0 Å². The van der Waals surface area contributed by atoms with E-state index in [9.17, 15) is 4.79 Å². The van der Waals surface area contributed by atoms with Crippen molar-refractivity contribution in [2.75, 3.05) is 6.61 Å². The van der Waals surface area contributed by atoms with E-state index in [0.717, 1.165) is 24.2 Å². The molecular weight excluding hydrogens is 324 g/mol. The highest BCUT2D eigenvalue weighted by molar-refractivity contribution is 5.86. The van der Waals surface area contributed by atoms with Crippen LogP contribution in [-0.2, 0) is 17.6 Å². The minimum atomic E-state index is -0.0680. The molecule has 0 saturated heterocycles. The first-order chi connectivity index (χ1) is 12.5. The number of aromatic amines is 1. The second-order valence-electron chi connectivity index (χ2n) is 7.29. The van der Waals surface area contributed by atoms with Crippen molar-refractivity contribution in [2.45, 2.75) is 39.7 Å². The molecule has 2 aromatic carbocycles. The molecule has 1 aromatic heterocycles. The number of amides is 1. The van der Waals surface area contributed by atoms with Gasteiger partial charge < -0.3 is 15.0 Å². The fraction of sp³-hybridized carbons (Fsp3) is 0.318. The molecule has 1 atom stereocenters. The lowest BCUT2D eigenvalue weighted by atomic mass is 10.1. The number of hydrogen-bond acceptors (Lipinski definition) is 2. The summed E-state index contributed by atoms with van der Waals surface area (Å²) in [5, 5.41) is 4.39. The van der Waals surface area contributed by atoms with Crippen molar-refractivity contribution in [1.29, 1.82) is 0 Å². The summed E-state index contributed by atoms with van der Waals surface area (Å²) in [6.45, 7) is 6.21. The zero-order valence-corrected chi connectivity index (χ0v) is 15.5. The van der Waals surface area contributed by atoms with Gasteiger partial charge >= 0.3 is 0 Å². The maximum absolute atomic E-state index is 12.3. The van der Waals surface area contributed by atoms with Crippen LogP contribution in [0, 0.1) is 20.8 Å². The smallest absolute Gasteiger partial charge is 0.258 e. The van der Waals surface area contributed by atoms with Gasteiger partial charge in [-0.2, -0.15) is 0 Å². The number of carbonyl (C=O) groups excluding carboxylic acids is 1. The Morgan fingerprint density at radius 1 is 1.19 bits per heavy atom. The Bertz CT molecular complexity index is 987. The third-order valence-electron chi connectivity index (χ3n) is 5.33. The molecule has 26 heavy (non-hydrogen) atoms. The third-order valence-corrected chi connectivity index (χ3v) is 5.33. The van der Waals surface area contributed by atoms with Gasteiger partial charge in [-0.1, -0.05) is 23.8 Å². The fourth-order valence-corrected chi connectivity index (χ4v) is 3.78. The predicted molar refractivity (Wildman–Crippen MR) is 104 cm³/mol. The molecule has 1 heterocycles. The summed E-state index contributed by atoms with van der Waals surface area (Å²) in [5.41, 5.74) is 7.27. The van der Waals surface area contributed by atoms with E-state index in [4.69, 9.17) is 4.74 Å². The molecule has 2 N–H and O–H groups in total. The highest BCUT2D eigenvalue weighted by Crippen LogP contribution is 2.30. The number of ether oxygens (including phenoxy) is 1. The van der Waals surface area contributed by atoms with Gasteiger partial charge in [0.15, 0.2) is 6.61 Å². The van der Waals surface area contributed by atoms with Crippen molar-refractivity contribution < 1.29 is 9.53 Å². The minimum absolute atomic E-state index is 0.0502. The summed E-state index contributed by atoms with van der Waals surface area (Å²) < 4.78 is 5.71. The summed E-state index contributed by atoms with van der Waals surface area (Å²) in [6.07, 6.45) is 1.71. The molecule has 1 aliphatic carbocycles. The van der Waals surface area contributed by atoms with Crippen LogP contribution in [0.2, 0.25) is 0 Å². The molecule has 0 radical (unpaired) electrons. The summed E-state index contributed by atoms with van der Waals surface area (Å²) in [4.78, 5) is 15.8. The molecule has 4 heteroatoms. The van der Waals surface area contributed by atoms with Crippen LogP contribution >= 0.6 is 0 Å². The van der Waals surface area contributed by atoms with Gasteiger partial charge in [-0.25, -0.2) is 0 Å². The Morgan fingerprint density at radius 3 is 2.88 bits per heavy atom. The molecule has 0 bridgehead atoms. The van der Waals surface area contributed by atoms with E-state index >= 15 is 0 Å². The van der Waals surface area contributed by atoms with Crippen molar-refractivity contribution in [3.8, 4) is 5.75 Å². The lowest BCUT2D eigenvalue weighted by Crippen LogP contribution is -2.38. The molecule has 1 amide bonds. The Balaban J connectivity index is 1.38. The zero-order valence-electron chi connectivity index (χ0n) is 15.5. The van der Waals surface area contributed by atoms with Gasteiger partial charge in [0.2, 0.25) is 0 Å². The van der Waals surface area contributed by atoms with Gasteiger partial charge in [-0.05, 0) is 62.1 Å². The van der Waals surface area contributed by atoms with E-state index in [0.29, 0.717) is 0 Å². The van der Waals surface area contributed by atoms with Gasteiger partial charge in [0.25, 0.3) is 5.91 Å². The molecule has 4 rings (SSSR count). The number of aromatic nitrogens is 1. The van der Waals surface area contributed by atoms with Gasteiger partial charge in [0.05, 0.1) is 0 Å². The van der Waals surface area contributed by atoms with Gasteiger partial charge in [-0.3, -0.25) is 4.79 Å². The lowest BCUT2D eigenvalue weighted by Gasteiger charge is -2.14. The first-order valence-electron chi connectivity index (χ1n) is 9.09. The predicted octanol–water partition coefficient (Wildman–Crippen LogP) is 3.76. The third kappa shape index (κ3) is 3.07. The van der Waals surface area contributed by atoms with Crippen LogP contribution in [0.5, 0.6) is 5.75 Å². The minimum Gasteiger partial charge on any atom is -0.483 e. The zero-order chi connectivity index (χ0) is 18.3. The molecule has 134 valence electrons. The van der Waals surface area contributed by atoms with Crippen LogP contribution in [-0.4, -0.2) is 23.5 Å². The monoisotopic (exact) mass is 348 g/mol. The number of carbonyl (C=O) groups is 1. The van der Waals surface area contributed by atoms with Crippen LogP contribution in [0.3, 0.4) is 0 Å². The van der Waals surface area contributed by atoms with E-state index in [2.05, 4.69) is 35.4 Å². The first kappa shape index (κ1) is 16.7. The normalized spacial score (nSPS) is 15.9. The average Bonchev–Trinajstić information content (AvgIpc) is 3.13. The topological polar surface area (TPSA) is 54.1 Å². The highest BCUT2D eigenvalue weighted by atomic mass is 16.5. The first-order valence-corrected chi connectivity index (χ1v) is 9.09. The molecule has 1 aliphatic rings. The van der Waals surface area contributed by atoms with Gasteiger partial charge in [0, 0.05) is 29.1 Å². The number of benzene rings is 2. The number of H-pyrrole nitrogens is 1. The molecule has 4 nitrogen and oxygen atoms in total. The van der Waals surface area contributed by atoms with Crippen LogP contribution in [0.4, 0.5) is 0 Å². The second-order valence-corrected chi connectivity index (χ2v) is 7.29. The van der Waals surface area contributed by atoms with Crippen molar-refractivity contribution >= 4 is 16.8 Å². The van der Waals surface area contributed by atoms with Crippen molar-refractivity contribution in [1.82, 2.24) is 10.3 Å². The number of rotatable bonds is 4. The van der Waals surface area contributed by atoms with E-state index in [1.807, 2.05) is 32.0 Å². The van der Waals surface area contributed by atoms with E-state index in [-0.39, 0.29) is 18.6 Å². The number of fused-ring (bicyclic) bond motifs is 3.